The van der Waals surface area contributed by atoms with Crippen LogP contribution in [0.4, 0.5) is 17.1 Å². The molecule has 3 nitrogen and oxygen atoms in total. The molecule has 0 saturated carbocycles. The lowest BCUT2D eigenvalue weighted by Crippen LogP contribution is -2.27. The van der Waals surface area contributed by atoms with Crippen molar-refractivity contribution in [1.29, 1.82) is 0 Å². The fraction of sp³-hybridized carbons (Fsp3) is 0. The minimum atomic E-state index is -2.30. The maximum Gasteiger partial charge on any atom is 0.123 e. The van der Waals surface area contributed by atoms with Gasteiger partial charge in [0.15, 0.2) is 0 Å². The fourth-order valence-electron chi connectivity index (χ4n) is 7.37. The maximum absolute atomic E-state index is 6.58. The van der Waals surface area contributed by atoms with Crippen molar-refractivity contribution >= 4 is 78.4 Å². The zero-order valence-electron chi connectivity index (χ0n) is 24.7. The molecule has 1 N–H and O–H groups in total. The monoisotopic (exact) mass is 623 g/mol. The van der Waals surface area contributed by atoms with Crippen LogP contribution in [0.5, 0.6) is 0 Å². The van der Waals surface area contributed by atoms with Crippen molar-refractivity contribution in [3.8, 4) is 0 Å². The molecular formula is C41H26N3PS. The normalized spacial score (nSPS) is 14.2. The van der Waals surface area contributed by atoms with Crippen molar-refractivity contribution in [2.24, 2.45) is 0 Å². The smallest absolute Gasteiger partial charge is 0.123 e. The van der Waals surface area contributed by atoms with Crippen molar-refractivity contribution < 1.29 is 0 Å². The van der Waals surface area contributed by atoms with E-state index < -0.39 is 6.04 Å². The number of hydrogen-bond acceptors (Lipinski definition) is 4. The molecule has 0 unspecified atom stereocenters. The number of para-hydroxylation sites is 2. The first-order chi connectivity index (χ1) is 22.7. The largest absolute Gasteiger partial charge is 0.339 e. The number of nitrogens with zero attached hydrogens (tertiary/aromatic N) is 2. The molecule has 2 aliphatic heterocycles. The molecule has 0 fully saturated rings. The summed E-state index contributed by atoms with van der Waals surface area (Å²) in [6.45, 7) is 0. The van der Waals surface area contributed by atoms with Gasteiger partial charge in [-0.25, -0.2) is 4.98 Å². The van der Waals surface area contributed by atoms with E-state index in [1.807, 2.05) is 0 Å². The Morgan fingerprint density at radius 1 is 0.587 bits per heavy atom. The van der Waals surface area contributed by atoms with E-state index in [0.29, 0.717) is 0 Å². The van der Waals surface area contributed by atoms with Gasteiger partial charge in [-0.1, -0.05) is 133 Å². The maximum atomic E-state index is 6.58. The Kier molecular flexibility index (Phi) is 5.43. The summed E-state index contributed by atoms with van der Waals surface area (Å²) in [5, 5.41) is 15.8. The van der Waals surface area contributed by atoms with Gasteiger partial charge in [0.25, 0.3) is 0 Å². The highest BCUT2D eigenvalue weighted by atomic mass is 32.4. The zero-order chi connectivity index (χ0) is 30.4. The van der Waals surface area contributed by atoms with Crippen LogP contribution in [0.1, 0.15) is 0 Å². The molecule has 0 saturated heterocycles. The molecule has 0 amide bonds. The van der Waals surface area contributed by atoms with Crippen LogP contribution < -0.4 is 31.5 Å². The van der Waals surface area contributed by atoms with Crippen molar-refractivity contribution in [1.82, 2.24) is 4.98 Å². The lowest BCUT2D eigenvalue weighted by atomic mass is 9.98. The summed E-state index contributed by atoms with van der Waals surface area (Å²) in [6.07, 6.45) is 0. The van der Waals surface area contributed by atoms with Crippen LogP contribution in [0, 0.1) is 20.9 Å². The molecule has 5 heteroatoms. The standard InChI is InChI=1S/C41H26N3PS/c46-45(29-11-3-1-4-12-29,30-13-5-2-6-14-30)38-25-28-24-36(42-38)39(28)27-20-21-31-26(23-27)19-22-33-32-15-7-8-16-34(32)41-43-35-17-9-10-18-37(35)44(41)40(31)33/h1-25,43H. The highest BCUT2D eigenvalue weighted by Gasteiger charge is 2.30. The van der Waals surface area contributed by atoms with Crippen LogP contribution in [0.15, 0.2) is 152 Å². The number of benzene rings is 6. The highest BCUT2D eigenvalue weighted by molar-refractivity contribution is 8.25. The van der Waals surface area contributed by atoms with Crippen LogP contribution in [0.25, 0.3) is 27.5 Å². The zero-order valence-corrected chi connectivity index (χ0v) is 26.4. The van der Waals surface area contributed by atoms with E-state index in [1.54, 1.807) is 0 Å². The molecule has 9 aromatic rings. The lowest BCUT2D eigenvalue weighted by molar-refractivity contribution is 1.26. The van der Waals surface area contributed by atoms with E-state index in [9.17, 15) is 0 Å². The molecule has 2 aromatic heterocycles. The molecule has 0 atom stereocenters. The Morgan fingerprint density at radius 2 is 1.28 bits per heavy atom. The summed E-state index contributed by atoms with van der Waals surface area (Å²) < 4.78 is 0. The number of rotatable bonds is 3. The van der Waals surface area contributed by atoms with Gasteiger partial charge in [0.05, 0.1) is 34.1 Å². The van der Waals surface area contributed by atoms with Crippen molar-refractivity contribution in [3.63, 3.8) is 0 Å². The molecule has 0 aliphatic carbocycles. The number of anilines is 3. The molecule has 46 heavy (non-hydrogen) atoms. The number of aromatic nitrogens is 1. The van der Waals surface area contributed by atoms with Crippen LogP contribution >= 0.6 is 6.04 Å². The van der Waals surface area contributed by atoms with Crippen LogP contribution in [-0.4, -0.2) is 4.98 Å². The van der Waals surface area contributed by atoms with E-state index in [-0.39, 0.29) is 0 Å². The molecule has 216 valence electrons. The number of hydrogen-bond donors (Lipinski definition) is 1. The summed E-state index contributed by atoms with van der Waals surface area (Å²) in [7, 11) is 0. The van der Waals surface area contributed by atoms with Crippen molar-refractivity contribution in [2.45, 2.75) is 0 Å². The van der Waals surface area contributed by atoms with E-state index in [4.69, 9.17) is 16.8 Å². The van der Waals surface area contributed by atoms with Crippen molar-refractivity contribution in [2.75, 3.05) is 10.2 Å². The first-order valence-corrected chi connectivity index (χ1v) is 18.3. The molecule has 7 aromatic carbocycles. The third kappa shape index (κ3) is 3.54. The third-order valence-electron chi connectivity index (χ3n) is 9.52. The van der Waals surface area contributed by atoms with Gasteiger partial charge in [-0.05, 0) is 62.2 Å². The molecule has 0 radical (unpaired) electrons. The average molecular weight is 624 g/mol. The van der Waals surface area contributed by atoms with Gasteiger partial charge in [-0.3, -0.25) is 4.90 Å². The number of fused-ring (bicyclic) bond motifs is 10. The summed E-state index contributed by atoms with van der Waals surface area (Å²) in [5.74, 6) is 1.12. The van der Waals surface area contributed by atoms with E-state index in [0.717, 1.165) is 22.5 Å². The second kappa shape index (κ2) is 9.61. The Balaban J connectivity index is 1.20. The predicted molar refractivity (Wildman–Crippen MR) is 196 cm³/mol. The summed E-state index contributed by atoms with van der Waals surface area (Å²) in [4.78, 5) is 7.67. The van der Waals surface area contributed by atoms with Gasteiger partial charge >= 0.3 is 0 Å². The van der Waals surface area contributed by atoms with Crippen LogP contribution in [0.2, 0.25) is 0 Å². The average Bonchev–Trinajstić information content (AvgIpc) is 3.52. The quantitative estimate of drug-likeness (QED) is 0.206. The molecule has 0 spiro atoms. The first kappa shape index (κ1) is 26.0. The van der Waals surface area contributed by atoms with Gasteiger partial charge in [-0.15, -0.1) is 0 Å². The summed E-state index contributed by atoms with van der Waals surface area (Å²) in [5.41, 5.74) is 5.56. The minimum absolute atomic E-state index is 1.01. The van der Waals surface area contributed by atoms with Gasteiger partial charge < -0.3 is 5.32 Å². The van der Waals surface area contributed by atoms with Gasteiger partial charge in [-0.2, -0.15) is 0 Å². The summed E-state index contributed by atoms with van der Waals surface area (Å²) in [6, 6.07) is 51.9. The Morgan fingerprint density at radius 3 is 2.02 bits per heavy atom. The Labute approximate surface area is 270 Å². The number of nitrogens with one attached hydrogen (secondary N) is 1. The molecular weight excluding hydrogens is 598 g/mol. The topological polar surface area (TPSA) is 28.2 Å². The highest BCUT2D eigenvalue weighted by Crippen LogP contribution is 2.46. The fourth-order valence-corrected chi connectivity index (χ4v) is 11.0. The second-order valence-corrected chi connectivity index (χ2v) is 16.4. The third-order valence-corrected chi connectivity index (χ3v) is 14.3. The summed E-state index contributed by atoms with van der Waals surface area (Å²) >= 11 is 6.58. The van der Waals surface area contributed by atoms with E-state index in [1.165, 1.54) is 64.2 Å². The molecule has 2 bridgehead atoms. The van der Waals surface area contributed by atoms with Gasteiger partial charge in [0.2, 0.25) is 0 Å². The van der Waals surface area contributed by atoms with Gasteiger partial charge in [0.1, 0.15) is 5.82 Å². The van der Waals surface area contributed by atoms with E-state index in [2.05, 4.69) is 162 Å². The lowest BCUT2D eigenvalue weighted by Gasteiger charge is -2.26. The van der Waals surface area contributed by atoms with Crippen molar-refractivity contribution in [3.05, 3.63) is 178 Å². The second-order valence-electron chi connectivity index (χ2n) is 12.0. The first-order valence-electron chi connectivity index (χ1n) is 15.5. The van der Waals surface area contributed by atoms with E-state index >= 15 is 0 Å². The van der Waals surface area contributed by atoms with Crippen LogP contribution in [-0.2, 0) is 11.8 Å². The van der Waals surface area contributed by atoms with Crippen LogP contribution in [0.3, 0.4) is 0 Å². The SMILES string of the molecule is S=P(c1ccccc1)(c1ccccc1)c1cc2cc(n1)c2=c1ccc2c3c(ccc2c1)=c1ccccc1=C1Nc2ccccc2N13. The molecule has 11 rings (SSSR count). The number of pyridine rings is 2. The minimum Gasteiger partial charge on any atom is -0.339 e. The van der Waals surface area contributed by atoms with Gasteiger partial charge in [0, 0.05) is 21.0 Å². The molecule has 2 aliphatic rings. The predicted octanol–water partition coefficient (Wildman–Crippen LogP) is 7.52. The Hall–Kier alpha value is -5.28. The Bertz CT molecular complexity index is 2750. The molecule has 4 heterocycles.